The number of amides is 1. The van der Waals surface area contributed by atoms with Crippen LogP contribution in [-0.2, 0) is 11.3 Å². The average Bonchev–Trinajstić information content (AvgIpc) is 2.92. The molecule has 2 N–H and O–H groups in total. The zero-order valence-electron chi connectivity index (χ0n) is 13.7. The number of methoxy groups -OCH3 is 1. The van der Waals surface area contributed by atoms with Crippen LogP contribution in [0, 0.1) is 13.8 Å². The van der Waals surface area contributed by atoms with Crippen LogP contribution in [0.15, 0.2) is 35.1 Å². The molecule has 1 amide bonds. The first kappa shape index (κ1) is 15.8. The molecule has 0 aliphatic rings. The summed E-state index contributed by atoms with van der Waals surface area (Å²) in [6, 6.07) is 8.84. The van der Waals surface area contributed by atoms with Crippen LogP contribution in [-0.4, -0.2) is 27.6 Å². The number of para-hydroxylation sites is 2. The summed E-state index contributed by atoms with van der Waals surface area (Å²) in [6.45, 7) is 3.44. The molecule has 0 saturated carbocycles. The van der Waals surface area contributed by atoms with Crippen molar-refractivity contribution < 1.29 is 9.53 Å². The molecule has 0 radical (unpaired) electrons. The van der Waals surface area contributed by atoms with Gasteiger partial charge < -0.3 is 15.0 Å². The average molecular weight is 326 g/mol. The summed E-state index contributed by atoms with van der Waals surface area (Å²) in [5.41, 5.74) is 1.71. The van der Waals surface area contributed by atoms with Gasteiger partial charge in [-0.05, 0) is 32.0 Å². The van der Waals surface area contributed by atoms with Gasteiger partial charge in [0, 0.05) is 5.69 Å². The summed E-state index contributed by atoms with van der Waals surface area (Å²) in [5, 5.41) is 3.23. The highest BCUT2D eigenvalue weighted by Crippen LogP contribution is 2.22. The van der Waals surface area contributed by atoms with Crippen LogP contribution in [0.3, 0.4) is 0 Å². The van der Waals surface area contributed by atoms with Crippen LogP contribution in [0.25, 0.3) is 11.0 Å². The molecule has 0 aliphatic heterocycles. The maximum atomic E-state index is 12.6. The van der Waals surface area contributed by atoms with Crippen molar-refractivity contribution in [1.29, 1.82) is 0 Å². The SMILES string of the molecule is COc1ccccc1NC(=O)Cn1c(C)nc2[nH]c(C)cc2c1=O. The fourth-order valence-corrected chi connectivity index (χ4v) is 2.61. The highest BCUT2D eigenvalue weighted by atomic mass is 16.5. The molecule has 3 rings (SSSR count). The number of anilines is 1. The number of ether oxygens (including phenoxy) is 1. The Bertz CT molecular complexity index is 972. The number of carbonyl (C=O) groups is 1. The predicted molar refractivity (Wildman–Crippen MR) is 91.5 cm³/mol. The smallest absolute Gasteiger partial charge is 0.263 e. The molecule has 7 heteroatoms. The molecule has 0 atom stereocenters. The van der Waals surface area contributed by atoms with Crippen LogP contribution < -0.4 is 15.6 Å². The van der Waals surface area contributed by atoms with Gasteiger partial charge in [0.15, 0.2) is 0 Å². The van der Waals surface area contributed by atoms with Crippen LogP contribution in [0.5, 0.6) is 5.75 Å². The number of nitrogens with zero attached hydrogens (tertiary/aromatic N) is 2. The standard InChI is InChI=1S/C17H18N4O3/c1-10-8-12-16(18-10)19-11(2)21(17(12)23)9-15(22)20-13-6-4-5-7-14(13)24-3/h4-8,18H,9H2,1-3H3,(H,20,22). The van der Waals surface area contributed by atoms with E-state index in [1.807, 2.05) is 13.0 Å². The molecular weight excluding hydrogens is 308 g/mol. The fourth-order valence-electron chi connectivity index (χ4n) is 2.61. The van der Waals surface area contributed by atoms with Gasteiger partial charge in [-0.15, -0.1) is 0 Å². The van der Waals surface area contributed by atoms with Crippen LogP contribution in [0.1, 0.15) is 11.5 Å². The topological polar surface area (TPSA) is 89.0 Å². The first-order valence-electron chi connectivity index (χ1n) is 7.49. The molecule has 124 valence electrons. The highest BCUT2D eigenvalue weighted by Gasteiger charge is 2.14. The van der Waals surface area contributed by atoms with Crippen molar-refractivity contribution in [2.24, 2.45) is 0 Å². The van der Waals surface area contributed by atoms with E-state index >= 15 is 0 Å². The van der Waals surface area contributed by atoms with Crippen molar-refractivity contribution in [2.45, 2.75) is 20.4 Å². The molecule has 0 aliphatic carbocycles. The molecule has 24 heavy (non-hydrogen) atoms. The summed E-state index contributed by atoms with van der Waals surface area (Å²) in [4.78, 5) is 32.3. The van der Waals surface area contributed by atoms with E-state index in [1.54, 1.807) is 31.2 Å². The number of carbonyl (C=O) groups excluding carboxylic acids is 1. The van der Waals surface area contributed by atoms with Crippen molar-refractivity contribution in [3.63, 3.8) is 0 Å². The number of nitrogens with one attached hydrogen (secondary N) is 2. The number of rotatable bonds is 4. The quantitative estimate of drug-likeness (QED) is 0.767. The zero-order chi connectivity index (χ0) is 17.3. The summed E-state index contributed by atoms with van der Waals surface area (Å²) in [7, 11) is 1.53. The maximum absolute atomic E-state index is 12.6. The monoisotopic (exact) mass is 326 g/mol. The molecule has 0 fully saturated rings. The first-order valence-corrected chi connectivity index (χ1v) is 7.49. The Morgan fingerprint density at radius 1 is 1.33 bits per heavy atom. The van der Waals surface area contributed by atoms with Crippen LogP contribution in [0.4, 0.5) is 5.69 Å². The molecule has 7 nitrogen and oxygen atoms in total. The highest BCUT2D eigenvalue weighted by molar-refractivity contribution is 5.92. The Morgan fingerprint density at radius 2 is 2.08 bits per heavy atom. The van der Waals surface area contributed by atoms with Crippen molar-refractivity contribution in [1.82, 2.24) is 14.5 Å². The van der Waals surface area contributed by atoms with E-state index in [0.717, 1.165) is 5.69 Å². The van der Waals surface area contributed by atoms with Crippen LogP contribution in [0.2, 0.25) is 0 Å². The number of hydrogen-bond acceptors (Lipinski definition) is 4. The molecule has 2 heterocycles. The Hall–Kier alpha value is -3.09. The lowest BCUT2D eigenvalue weighted by Gasteiger charge is -2.12. The Morgan fingerprint density at radius 3 is 2.83 bits per heavy atom. The fraction of sp³-hybridized carbons (Fsp3) is 0.235. The molecule has 0 bridgehead atoms. The number of fused-ring (bicyclic) bond motifs is 1. The van der Waals surface area contributed by atoms with E-state index < -0.39 is 0 Å². The zero-order valence-corrected chi connectivity index (χ0v) is 13.7. The van der Waals surface area contributed by atoms with E-state index in [4.69, 9.17) is 4.74 Å². The number of aryl methyl sites for hydroxylation is 2. The van der Waals surface area contributed by atoms with Gasteiger partial charge >= 0.3 is 0 Å². The van der Waals surface area contributed by atoms with Gasteiger partial charge in [0.05, 0.1) is 18.2 Å². The first-order chi connectivity index (χ1) is 11.5. The van der Waals surface area contributed by atoms with Crippen LogP contribution >= 0.6 is 0 Å². The lowest BCUT2D eigenvalue weighted by atomic mass is 10.3. The number of aromatic amines is 1. The summed E-state index contributed by atoms with van der Waals surface area (Å²) >= 11 is 0. The molecule has 0 spiro atoms. The van der Waals surface area contributed by atoms with Gasteiger partial charge in [-0.1, -0.05) is 12.1 Å². The third kappa shape index (κ3) is 2.88. The largest absolute Gasteiger partial charge is 0.495 e. The summed E-state index contributed by atoms with van der Waals surface area (Å²) in [5.74, 6) is 0.715. The predicted octanol–water partition coefficient (Wildman–Crippen LogP) is 1.99. The molecular formula is C17H18N4O3. The van der Waals surface area contributed by atoms with Gasteiger partial charge in [0.2, 0.25) is 5.91 Å². The second kappa shape index (κ2) is 6.19. The Balaban J connectivity index is 1.89. The Kier molecular flexibility index (Phi) is 4.07. The van der Waals surface area contributed by atoms with E-state index in [-0.39, 0.29) is 18.0 Å². The van der Waals surface area contributed by atoms with E-state index in [9.17, 15) is 9.59 Å². The van der Waals surface area contributed by atoms with E-state index in [1.165, 1.54) is 11.7 Å². The minimum absolute atomic E-state index is 0.115. The van der Waals surface area contributed by atoms with Crippen molar-refractivity contribution in [2.75, 3.05) is 12.4 Å². The maximum Gasteiger partial charge on any atom is 0.263 e. The minimum Gasteiger partial charge on any atom is -0.495 e. The second-order valence-electron chi connectivity index (χ2n) is 5.51. The normalized spacial score (nSPS) is 10.8. The van der Waals surface area contributed by atoms with Crippen molar-refractivity contribution >= 4 is 22.6 Å². The third-order valence-corrected chi connectivity index (χ3v) is 3.75. The van der Waals surface area contributed by atoms with Gasteiger partial charge in [0.1, 0.15) is 23.8 Å². The van der Waals surface area contributed by atoms with Gasteiger partial charge in [-0.25, -0.2) is 4.98 Å². The lowest BCUT2D eigenvalue weighted by molar-refractivity contribution is -0.116. The van der Waals surface area contributed by atoms with Crippen molar-refractivity contribution in [3.8, 4) is 5.75 Å². The summed E-state index contributed by atoms with van der Waals surface area (Å²) < 4.78 is 6.57. The minimum atomic E-state index is -0.321. The summed E-state index contributed by atoms with van der Waals surface area (Å²) in [6.07, 6.45) is 0. The number of H-pyrrole nitrogens is 1. The molecule has 3 aromatic rings. The number of benzene rings is 1. The third-order valence-electron chi connectivity index (χ3n) is 3.75. The number of aromatic nitrogens is 3. The van der Waals surface area contributed by atoms with E-state index in [0.29, 0.717) is 28.3 Å². The lowest BCUT2D eigenvalue weighted by Crippen LogP contribution is -2.30. The molecule has 0 unspecified atom stereocenters. The molecule has 1 aromatic carbocycles. The number of hydrogen-bond donors (Lipinski definition) is 2. The Labute approximate surface area is 138 Å². The van der Waals surface area contributed by atoms with Crippen molar-refractivity contribution in [3.05, 3.63) is 52.2 Å². The van der Waals surface area contributed by atoms with Gasteiger partial charge in [-0.2, -0.15) is 0 Å². The van der Waals surface area contributed by atoms with Gasteiger partial charge in [-0.3, -0.25) is 14.2 Å². The molecule has 2 aromatic heterocycles. The second-order valence-corrected chi connectivity index (χ2v) is 5.51. The van der Waals surface area contributed by atoms with Gasteiger partial charge in [0.25, 0.3) is 5.56 Å². The molecule has 0 saturated heterocycles. The van der Waals surface area contributed by atoms with E-state index in [2.05, 4.69) is 15.3 Å².